The van der Waals surface area contributed by atoms with E-state index in [4.69, 9.17) is 10.5 Å². The number of hydrogen-bond acceptors (Lipinski definition) is 2. The van der Waals surface area contributed by atoms with Crippen molar-refractivity contribution in [2.45, 2.75) is 45.8 Å². The largest absolute Gasteiger partial charge is 0.487 e. The molecule has 0 aromatic heterocycles. The Bertz CT molecular complexity index is 400. The van der Waals surface area contributed by atoms with Crippen LogP contribution >= 0.6 is 0 Å². The number of fused-ring (bicyclic) bond motifs is 1. The predicted octanol–water partition coefficient (Wildman–Crippen LogP) is 3.19. The zero-order valence-electron chi connectivity index (χ0n) is 10.6. The zero-order chi connectivity index (χ0) is 11.9. The standard InChI is InChI=1S/C14H21NO/c1-9(2)14(4)8-12(15)11-7-10(3)5-6-13(11)16-14/h5-7,9,12H,8,15H2,1-4H3. The van der Waals surface area contributed by atoms with Crippen LogP contribution in [0.1, 0.15) is 44.4 Å². The van der Waals surface area contributed by atoms with Crippen LogP contribution in [0.3, 0.4) is 0 Å². The van der Waals surface area contributed by atoms with Gasteiger partial charge in [-0.2, -0.15) is 0 Å². The lowest BCUT2D eigenvalue weighted by Gasteiger charge is -2.41. The van der Waals surface area contributed by atoms with E-state index in [1.165, 1.54) is 5.56 Å². The minimum atomic E-state index is -0.137. The molecule has 88 valence electrons. The molecule has 2 atom stereocenters. The number of benzene rings is 1. The van der Waals surface area contributed by atoms with Crippen molar-refractivity contribution in [2.75, 3.05) is 0 Å². The Balaban J connectivity index is 2.40. The molecule has 0 fully saturated rings. The molecule has 0 saturated heterocycles. The van der Waals surface area contributed by atoms with Gasteiger partial charge in [0.05, 0.1) is 0 Å². The molecule has 0 aliphatic carbocycles. The first-order valence-corrected chi connectivity index (χ1v) is 5.97. The highest BCUT2D eigenvalue weighted by Gasteiger charge is 2.38. The van der Waals surface area contributed by atoms with Gasteiger partial charge in [0.2, 0.25) is 0 Å². The second kappa shape index (κ2) is 3.77. The molecule has 0 spiro atoms. The lowest BCUT2D eigenvalue weighted by atomic mass is 9.81. The fourth-order valence-corrected chi connectivity index (χ4v) is 2.24. The number of hydrogen-bond donors (Lipinski definition) is 1. The van der Waals surface area contributed by atoms with E-state index in [0.717, 1.165) is 17.7 Å². The first kappa shape index (κ1) is 11.5. The molecule has 2 rings (SSSR count). The fourth-order valence-electron chi connectivity index (χ4n) is 2.24. The maximum Gasteiger partial charge on any atom is 0.124 e. The number of nitrogens with two attached hydrogens (primary N) is 1. The minimum Gasteiger partial charge on any atom is -0.487 e. The van der Waals surface area contributed by atoms with Crippen LogP contribution in [0.15, 0.2) is 18.2 Å². The van der Waals surface area contributed by atoms with E-state index >= 15 is 0 Å². The van der Waals surface area contributed by atoms with E-state index in [-0.39, 0.29) is 11.6 Å². The Morgan fingerprint density at radius 1 is 1.44 bits per heavy atom. The van der Waals surface area contributed by atoms with Crippen molar-refractivity contribution < 1.29 is 4.74 Å². The van der Waals surface area contributed by atoms with Crippen molar-refractivity contribution in [3.05, 3.63) is 29.3 Å². The van der Waals surface area contributed by atoms with Crippen LogP contribution in [0, 0.1) is 12.8 Å². The Morgan fingerprint density at radius 3 is 2.75 bits per heavy atom. The molecule has 1 aliphatic heterocycles. The first-order chi connectivity index (χ1) is 7.42. The molecule has 0 amide bonds. The summed E-state index contributed by atoms with van der Waals surface area (Å²) in [5, 5.41) is 0. The molecule has 2 unspecified atom stereocenters. The molecular weight excluding hydrogens is 198 g/mol. The van der Waals surface area contributed by atoms with E-state index in [2.05, 4.69) is 39.8 Å². The van der Waals surface area contributed by atoms with E-state index in [1.54, 1.807) is 0 Å². The van der Waals surface area contributed by atoms with Crippen molar-refractivity contribution in [3.8, 4) is 5.75 Å². The monoisotopic (exact) mass is 219 g/mol. The molecule has 1 aromatic carbocycles. The highest BCUT2D eigenvalue weighted by atomic mass is 16.5. The highest BCUT2D eigenvalue weighted by molar-refractivity contribution is 5.41. The van der Waals surface area contributed by atoms with Crippen LogP contribution < -0.4 is 10.5 Å². The van der Waals surface area contributed by atoms with Gasteiger partial charge in [-0.1, -0.05) is 31.5 Å². The zero-order valence-corrected chi connectivity index (χ0v) is 10.6. The SMILES string of the molecule is Cc1ccc2c(c1)C(N)CC(C)(C(C)C)O2. The van der Waals surface area contributed by atoms with Gasteiger partial charge in [-0.3, -0.25) is 0 Å². The van der Waals surface area contributed by atoms with Gasteiger partial charge in [0, 0.05) is 18.0 Å². The van der Waals surface area contributed by atoms with Gasteiger partial charge >= 0.3 is 0 Å². The van der Waals surface area contributed by atoms with E-state index < -0.39 is 0 Å². The van der Waals surface area contributed by atoms with Gasteiger partial charge in [0.1, 0.15) is 11.4 Å². The molecule has 1 aliphatic rings. The molecule has 16 heavy (non-hydrogen) atoms. The minimum absolute atomic E-state index is 0.0936. The van der Waals surface area contributed by atoms with E-state index in [9.17, 15) is 0 Å². The highest BCUT2D eigenvalue weighted by Crippen LogP contribution is 2.41. The van der Waals surface area contributed by atoms with Crippen LogP contribution in [0.25, 0.3) is 0 Å². The molecular formula is C14H21NO. The summed E-state index contributed by atoms with van der Waals surface area (Å²) in [6, 6.07) is 6.36. The number of rotatable bonds is 1. The number of aryl methyl sites for hydroxylation is 1. The summed E-state index contributed by atoms with van der Waals surface area (Å²) in [6.45, 7) is 8.61. The Hall–Kier alpha value is -1.02. The maximum atomic E-state index is 6.25. The third-order valence-electron chi connectivity index (χ3n) is 3.75. The average Bonchev–Trinajstić information content (AvgIpc) is 2.19. The molecule has 0 bridgehead atoms. The summed E-state index contributed by atoms with van der Waals surface area (Å²) in [5.41, 5.74) is 8.50. The van der Waals surface area contributed by atoms with Crippen LogP contribution in [0.4, 0.5) is 0 Å². The Morgan fingerprint density at radius 2 is 2.12 bits per heavy atom. The van der Waals surface area contributed by atoms with Crippen LogP contribution in [-0.4, -0.2) is 5.60 Å². The Labute approximate surface area is 97.8 Å². The van der Waals surface area contributed by atoms with Crippen molar-refractivity contribution in [1.29, 1.82) is 0 Å². The fraction of sp³-hybridized carbons (Fsp3) is 0.571. The van der Waals surface area contributed by atoms with Gasteiger partial charge in [0.25, 0.3) is 0 Å². The van der Waals surface area contributed by atoms with Crippen LogP contribution in [0.5, 0.6) is 5.75 Å². The van der Waals surface area contributed by atoms with E-state index in [1.807, 2.05) is 6.07 Å². The third-order valence-corrected chi connectivity index (χ3v) is 3.75. The summed E-state index contributed by atoms with van der Waals surface area (Å²) in [5.74, 6) is 1.42. The molecule has 1 heterocycles. The second-order valence-electron chi connectivity index (χ2n) is 5.42. The van der Waals surface area contributed by atoms with Crippen molar-refractivity contribution in [1.82, 2.24) is 0 Å². The third kappa shape index (κ3) is 1.82. The molecule has 0 saturated carbocycles. The summed E-state index contributed by atoms with van der Waals surface area (Å²) in [4.78, 5) is 0. The van der Waals surface area contributed by atoms with E-state index in [0.29, 0.717) is 5.92 Å². The summed E-state index contributed by atoms with van der Waals surface area (Å²) < 4.78 is 6.13. The smallest absolute Gasteiger partial charge is 0.124 e. The van der Waals surface area contributed by atoms with Gasteiger partial charge < -0.3 is 10.5 Å². The van der Waals surface area contributed by atoms with Crippen molar-refractivity contribution in [3.63, 3.8) is 0 Å². The summed E-state index contributed by atoms with van der Waals surface area (Å²) in [6.07, 6.45) is 0.890. The second-order valence-corrected chi connectivity index (χ2v) is 5.42. The molecule has 2 N–H and O–H groups in total. The van der Waals surface area contributed by atoms with Crippen molar-refractivity contribution in [2.24, 2.45) is 11.7 Å². The van der Waals surface area contributed by atoms with Gasteiger partial charge in [-0.25, -0.2) is 0 Å². The summed E-state index contributed by atoms with van der Waals surface area (Å²) >= 11 is 0. The average molecular weight is 219 g/mol. The normalized spacial score (nSPS) is 28.8. The van der Waals surface area contributed by atoms with Gasteiger partial charge in [0.15, 0.2) is 0 Å². The van der Waals surface area contributed by atoms with Crippen LogP contribution in [-0.2, 0) is 0 Å². The molecule has 0 radical (unpaired) electrons. The molecule has 2 nitrogen and oxygen atoms in total. The molecule has 2 heteroatoms. The topological polar surface area (TPSA) is 35.2 Å². The van der Waals surface area contributed by atoms with Crippen molar-refractivity contribution >= 4 is 0 Å². The predicted molar refractivity (Wildman–Crippen MR) is 66.6 cm³/mol. The number of ether oxygens (including phenoxy) is 1. The Kier molecular flexibility index (Phi) is 2.70. The van der Waals surface area contributed by atoms with Crippen LogP contribution in [0.2, 0.25) is 0 Å². The summed E-state index contributed by atoms with van der Waals surface area (Å²) in [7, 11) is 0. The van der Waals surface area contributed by atoms with Gasteiger partial charge in [-0.05, 0) is 25.8 Å². The molecule has 1 aromatic rings. The lowest BCUT2D eigenvalue weighted by Crippen LogP contribution is -2.44. The van der Waals surface area contributed by atoms with Gasteiger partial charge in [-0.15, -0.1) is 0 Å². The lowest BCUT2D eigenvalue weighted by molar-refractivity contribution is 0.0108. The maximum absolute atomic E-state index is 6.25. The first-order valence-electron chi connectivity index (χ1n) is 5.97. The quantitative estimate of drug-likeness (QED) is 0.787.